The van der Waals surface area contributed by atoms with Gasteiger partial charge in [-0.25, -0.2) is 8.78 Å². The van der Waals surface area contributed by atoms with E-state index < -0.39 is 0 Å². The lowest BCUT2D eigenvalue weighted by Crippen LogP contribution is -2.33. The number of rotatable bonds is 8. The van der Waals surface area contributed by atoms with Crippen LogP contribution in [0.3, 0.4) is 0 Å². The zero-order chi connectivity index (χ0) is 19.9. The van der Waals surface area contributed by atoms with Crippen LogP contribution in [0.15, 0.2) is 66.7 Å². The van der Waals surface area contributed by atoms with E-state index in [0.717, 1.165) is 40.9 Å². The van der Waals surface area contributed by atoms with Crippen LogP contribution in [0.2, 0.25) is 0 Å². The first kappa shape index (κ1) is 20.1. The van der Waals surface area contributed by atoms with Crippen LogP contribution in [0.25, 0.3) is 22.3 Å². The second kappa shape index (κ2) is 9.55. The number of hydrogen-bond acceptors (Lipinski definition) is 3. The van der Waals surface area contributed by atoms with Crippen LogP contribution in [0.1, 0.15) is 5.56 Å². The summed E-state index contributed by atoms with van der Waals surface area (Å²) in [5, 5.41) is 0. The maximum atomic E-state index is 13.3. The Kier molecular flexibility index (Phi) is 6.87. The van der Waals surface area contributed by atoms with E-state index in [2.05, 4.69) is 17.0 Å². The Balaban J connectivity index is 2.02. The van der Waals surface area contributed by atoms with E-state index in [0.29, 0.717) is 19.6 Å². The van der Waals surface area contributed by atoms with Crippen molar-refractivity contribution in [3.63, 3.8) is 0 Å². The molecule has 3 aromatic rings. The monoisotopic (exact) mass is 381 g/mol. The summed E-state index contributed by atoms with van der Waals surface area (Å²) in [7, 11) is 0. The first-order valence-electron chi connectivity index (χ1n) is 9.37. The van der Waals surface area contributed by atoms with Crippen LogP contribution in [0, 0.1) is 11.6 Å². The third kappa shape index (κ3) is 5.23. The van der Waals surface area contributed by atoms with Gasteiger partial charge in [0.2, 0.25) is 0 Å². The fraction of sp³-hybridized carbons (Fsp3) is 0.217. The van der Waals surface area contributed by atoms with Gasteiger partial charge in [0.15, 0.2) is 0 Å². The molecule has 0 spiro atoms. The molecule has 0 radical (unpaired) electrons. The van der Waals surface area contributed by atoms with Gasteiger partial charge in [0.05, 0.1) is 0 Å². The van der Waals surface area contributed by atoms with Crippen LogP contribution in [0.4, 0.5) is 8.78 Å². The van der Waals surface area contributed by atoms with Gasteiger partial charge in [0, 0.05) is 32.7 Å². The third-order valence-electron chi connectivity index (χ3n) is 4.64. The first-order valence-corrected chi connectivity index (χ1v) is 9.37. The topological polar surface area (TPSA) is 55.3 Å². The maximum Gasteiger partial charge on any atom is 0.123 e. The molecular formula is C23H25F2N3. The van der Waals surface area contributed by atoms with Crippen LogP contribution >= 0.6 is 0 Å². The summed E-state index contributed by atoms with van der Waals surface area (Å²) in [5.41, 5.74) is 16.4. The maximum absolute atomic E-state index is 13.3. The normalized spacial score (nSPS) is 11.2. The lowest BCUT2D eigenvalue weighted by Gasteiger charge is -2.22. The fourth-order valence-electron chi connectivity index (χ4n) is 3.29. The highest BCUT2D eigenvalue weighted by Crippen LogP contribution is 2.29. The molecular weight excluding hydrogens is 356 g/mol. The largest absolute Gasteiger partial charge is 0.329 e. The molecule has 0 saturated carbocycles. The number of benzene rings is 3. The predicted octanol–water partition coefficient (Wildman–Crippen LogP) is 4.02. The van der Waals surface area contributed by atoms with Crippen molar-refractivity contribution in [2.24, 2.45) is 11.5 Å². The number of halogens is 2. The van der Waals surface area contributed by atoms with Crippen molar-refractivity contribution in [3.8, 4) is 22.3 Å². The molecule has 28 heavy (non-hydrogen) atoms. The molecule has 3 nitrogen and oxygen atoms in total. The molecule has 0 aliphatic rings. The summed E-state index contributed by atoms with van der Waals surface area (Å²) in [6, 6.07) is 19.1. The molecule has 3 aromatic carbocycles. The molecule has 0 heterocycles. The minimum Gasteiger partial charge on any atom is -0.329 e. The van der Waals surface area contributed by atoms with Gasteiger partial charge in [0.1, 0.15) is 11.6 Å². The SMILES string of the molecule is NCCN(CCN)Cc1cc(-c2ccc(F)cc2)cc(-c2ccc(F)cc2)c1. The molecule has 146 valence electrons. The molecule has 0 aromatic heterocycles. The Morgan fingerprint density at radius 1 is 0.607 bits per heavy atom. The Labute approximate surface area is 164 Å². The van der Waals surface area contributed by atoms with Gasteiger partial charge in [-0.1, -0.05) is 24.3 Å². The second-order valence-corrected chi connectivity index (χ2v) is 6.79. The van der Waals surface area contributed by atoms with Gasteiger partial charge < -0.3 is 11.5 Å². The minimum absolute atomic E-state index is 0.268. The highest BCUT2D eigenvalue weighted by Gasteiger charge is 2.10. The minimum atomic E-state index is -0.268. The summed E-state index contributed by atoms with van der Waals surface area (Å²) >= 11 is 0. The van der Waals surface area contributed by atoms with E-state index in [9.17, 15) is 8.78 Å². The third-order valence-corrected chi connectivity index (χ3v) is 4.64. The van der Waals surface area contributed by atoms with Crippen molar-refractivity contribution < 1.29 is 8.78 Å². The van der Waals surface area contributed by atoms with E-state index in [1.807, 2.05) is 6.07 Å². The van der Waals surface area contributed by atoms with Crippen LogP contribution in [-0.4, -0.2) is 31.1 Å². The molecule has 5 heteroatoms. The molecule has 0 amide bonds. The summed E-state index contributed by atoms with van der Waals surface area (Å²) < 4.78 is 26.7. The van der Waals surface area contributed by atoms with Gasteiger partial charge in [-0.15, -0.1) is 0 Å². The smallest absolute Gasteiger partial charge is 0.123 e. The molecule has 0 aliphatic heterocycles. The van der Waals surface area contributed by atoms with Gasteiger partial charge >= 0.3 is 0 Å². The molecule has 0 bridgehead atoms. The molecule has 0 fully saturated rings. The number of nitrogens with two attached hydrogens (primary N) is 2. The highest BCUT2D eigenvalue weighted by molar-refractivity contribution is 5.74. The van der Waals surface area contributed by atoms with Crippen molar-refractivity contribution in [1.82, 2.24) is 4.90 Å². The average molecular weight is 381 g/mol. The van der Waals surface area contributed by atoms with Gasteiger partial charge in [0.25, 0.3) is 0 Å². The highest BCUT2D eigenvalue weighted by atomic mass is 19.1. The number of nitrogens with zero attached hydrogens (tertiary/aromatic N) is 1. The lowest BCUT2D eigenvalue weighted by atomic mass is 9.96. The van der Waals surface area contributed by atoms with E-state index in [1.54, 1.807) is 24.3 Å². The van der Waals surface area contributed by atoms with E-state index in [1.165, 1.54) is 24.3 Å². The molecule has 0 unspecified atom stereocenters. The summed E-state index contributed by atoms with van der Waals surface area (Å²) in [5.74, 6) is -0.536. The van der Waals surface area contributed by atoms with E-state index in [-0.39, 0.29) is 11.6 Å². The molecule has 0 aliphatic carbocycles. The average Bonchev–Trinajstić information content (AvgIpc) is 2.69. The molecule has 0 atom stereocenters. The molecule has 0 saturated heterocycles. The standard InChI is InChI=1S/C23H25F2N3/c24-22-5-1-18(2-6-22)20-13-17(16-28(11-9-26)12-10-27)14-21(15-20)19-3-7-23(25)8-4-19/h1-8,13-15H,9-12,16,26-27H2. The van der Waals surface area contributed by atoms with Crippen molar-refractivity contribution in [2.45, 2.75) is 6.54 Å². The van der Waals surface area contributed by atoms with E-state index >= 15 is 0 Å². The van der Waals surface area contributed by atoms with Crippen molar-refractivity contribution in [3.05, 3.63) is 83.9 Å². The molecule has 4 N–H and O–H groups in total. The van der Waals surface area contributed by atoms with Crippen molar-refractivity contribution >= 4 is 0 Å². The zero-order valence-corrected chi connectivity index (χ0v) is 15.7. The summed E-state index contributed by atoms with van der Waals surface area (Å²) in [4.78, 5) is 2.21. The number of hydrogen-bond donors (Lipinski definition) is 2. The quantitative estimate of drug-likeness (QED) is 0.620. The van der Waals surface area contributed by atoms with Crippen LogP contribution in [0.5, 0.6) is 0 Å². The fourth-order valence-corrected chi connectivity index (χ4v) is 3.29. The van der Waals surface area contributed by atoms with Gasteiger partial charge in [-0.2, -0.15) is 0 Å². The van der Waals surface area contributed by atoms with Crippen LogP contribution < -0.4 is 11.5 Å². The first-order chi connectivity index (χ1) is 13.6. The molecule has 3 rings (SSSR count). The Bertz CT molecular complexity index is 823. The zero-order valence-electron chi connectivity index (χ0n) is 15.7. The summed E-state index contributed by atoms with van der Waals surface area (Å²) in [6.07, 6.45) is 0. The van der Waals surface area contributed by atoms with Crippen LogP contribution in [-0.2, 0) is 6.54 Å². The van der Waals surface area contributed by atoms with Crippen molar-refractivity contribution in [2.75, 3.05) is 26.2 Å². The van der Waals surface area contributed by atoms with Gasteiger partial charge in [-0.05, 0) is 70.3 Å². The predicted molar refractivity (Wildman–Crippen MR) is 111 cm³/mol. The van der Waals surface area contributed by atoms with Crippen molar-refractivity contribution in [1.29, 1.82) is 0 Å². The Hall–Kier alpha value is -2.60. The second-order valence-electron chi connectivity index (χ2n) is 6.79. The summed E-state index contributed by atoms with van der Waals surface area (Å²) in [6.45, 7) is 3.33. The lowest BCUT2D eigenvalue weighted by molar-refractivity contribution is 0.281. The Morgan fingerprint density at radius 2 is 1.04 bits per heavy atom. The Morgan fingerprint density at radius 3 is 1.43 bits per heavy atom. The van der Waals surface area contributed by atoms with Gasteiger partial charge in [-0.3, -0.25) is 4.90 Å². The van der Waals surface area contributed by atoms with E-state index in [4.69, 9.17) is 11.5 Å².